The molecule has 218 valence electrons. The molecular weight excluding hydrogens is 508 g/mol. The molecule has 0 aromatic heterocycles. The van der Waals surface area contributed by atoms with Gasteiger partial charge >= 0.3 is 5.97 Å². The quantitative estimate of drug-likeness (QED) is 0.235. The van der Waals surface area contributed by atoms with E-state index in [4.69, 9.17) is 18.9 Å². The van der Waals surface area contributed by atoms with Crippen LogP contribution in [-0.4, -0.2) is 91.9 Å². The van der Waals surface area contributed by atoms with E-state index in [1.807, 2.05) is 13.8 Å². The second kappa shape index (κ2) is 8.25. The zero-order valence-electron chi connectivity index (χ0n) is 22.9. The van der Waals surface area contributed by atoms with Gasteiger partial charge in [0.05, 0.1) is 24.4 Å². The van der Waals surface area contributed by atoms with Crippen molar-refractivity contribution in [1.82, 2.24) is 0 Å². The van der Waals surface area contributed by atoms with Gasteiger partial charge in [-0.15, -0.1) is 0 Å². The Hall–Kier alpha value is -1.11. The third-order valence-corrected chi connectivity index (χ3v) is 12.5. The fourth-order valence-electron chi connectivity index (χ4n) is 10.3. The number of cyclic esters (lactones) is 1. The van der Waals surface area contributed by atoms with Crippen LogP contribution < -0.4 is 0 Å². The maximum atomic E-state index is 12.5. The molecule has 3 heterocycles. The Labute approximate surface area is 228 Å². The molecule has 3 aliphatic heterocycles. The van der Waals surface area contributed by atoms with Crippen molar-refractivity contribution in [1.29, 1.82) is 0 Å². The second-order valence-electron chi connectivity index (χ2n) is 14.1. The van der Waals surface area contributed by atoms with Crippen LogP contribution in [0.15, 0.2) is 11.6 Å². The molecule has 0 bridgehead atoms. The first-order valence-corrected chi connectivity index (χ1v) is 14.7. The average molecular weight is 551 g/mol. The van der Waals surface area contributed by atoms with Gasteiger partial charge in [0.1, 0.15) is 23.9 Å². The Morgan fingerprint density at radius 2 is 1.69 bits per heavy atom. The highest BCUT2D eigenvalue weighted by molar-refractivity contribution is 5.86. The van der Waals surface area contributed by atoms with E-state index in [1.54, 1.807) is 0 Å². The van der Waals surface area contributed by atoms with E-state index in [0.717, 1.165) is 19.3 Å². The summed E-state index contributed by atoms with van der Waals surface area (Å²) in [6.07, 6.45) is 1.29. The molecule has 2 saturated heterocycles. The number of esters is 1. The molecule has 14 unspecified atom stereocenters. The first kappa shape index (κ1) is 26.8. The number of carbonyl (C=O) groups is 1. The highest BCUT2D eigenvalue weighted by Crippen LogP contribution is 2.71. The summed E-state index contributed by atoms with van der Waals surface area (Å²) in [5.74, 6) is -2.37. The van der Waals surface area contributed by atoms with Crippen molar-refractivity contribution < 1.29 is 49.3 Å². The number of fused-ring (bicyclic) bond motifs is 7. The van der Waals surface area contributed by atoms with E-state index >= 15 is 0 Å². The molecule has 10 heteroatoms. The molecule has 0 aromatic carbocycles. The van der Waals surface area contributed by atoms with Crippen molar-refractivity contribution in [2.45, 2.75) is 126 Å². The van der Waals surface area contributed by atoms with Crippen LogP contribution in [0.5, 0.6) is 0 Å². The predicted octanol–water partition coefficient (Wildman–Crippen LogP) is 0.907. The van der Waals surface area contributed by atoms with Crippen molar-refractivity contribution in [3.05, 3.63) is 11.6 Å². The van der Waals surface area contributed by atoms with Crippen LogP contribution in [0.3, 0.4) is 0 Å². The first-order chi connectivity index (χ1) is 18.3. The Balaban J connectivity index is 1.19. The molecule has 10 nitrogen and oxygen atoms in total. The molecule has 0 spiro atoms. The molecule has 4 aliphatic carbocycles. The Bertz CT molecular complexity index is 1100. The number of carbonyl (C=O) groups excluding carboxylic acids is 1. The Morgan fingerprint density at radius 1 is 0.923 bits per heavy atom. The molecule has 5 N–H and O–H groups in total. The minimum atomic E-state index is -1.93. The zero-order valence-corrected chi connectivity index (χ0v) is 22.9. The van der Waals surface area contributed by atoms with Crippen molar-refractivity contribution >= 4 is 5.97 Å². The van der Waals surface area contributed by atoms with Crippen LogP contribution in [-0.2, 0) is 23.7 Å². The van der Waals surface area contributed by atoms with Crippen LogP contribution in [0.2, 0.25) is 0 Å². The number of ether oxygens (including phenoxy) is 4. The summed E-state index contributed by atoms with van der Waals surface area (Å²) in [6.45, 7) is 5.89. The summed E-state index contributed by atoms with van der Waals surface area (Å²) in [7, 11) is 0. The van der Waals surface area contributed by atoms with E-state index in [1.165, 1.54) is 6.08 Å². The van der Waals surface area contributed by atoms with Gasteiger partial charge in [-0.05, 0) is 68.6 Å². The summed E-state index contributed by atoms with van der Waals surface area (Å²) >= 11 is 0. The topological polar surface area (TPSA) is 155 Å². The van der Waals surface area contributed by atoms with Crippen molar-refractivity contribution in [3.63, 3.8) is 0 Å². The van der Waals surface area contributed by atoms with Gasteiger partial charge in [-0.25, -0.2) is 4.79 Å². The lowest BCUT2D eigenvalue weighted by Crippen LogP contribution is -2.71. The lowest BCUT2D eigenvalue weighted by Gasteiger charge is -2.66. The van der Waals surface area contributed by atoms with Gasteiger partial charge in [0.2, 0.25) is 12.1 Å². The molecule has 7 aliphatic rings. The monoisotopic (exact) mass is 550 g/mol. The van der Waals surface area contributed by atoms with Crippen molar-refractivity contribution in [2.24, 2.45) is 28.6 Å². The number of aliphatic hydroxyl groups excluding tert-OH is 2. The lowest BCUT2D eigenvalue weighted by atomic mass is 9.42. The van der Waals surface area contributed by atoms with Gasteiger partial charge in [0.15, 0.2) is 0 Å². The first-order valence-electron chi connectivity index (χ1n) is 14.7. The minimum Gasteiger partial charge on any atom is -0.458 e. The van der Waals surface area contributed by atoms with Gasteiger partial charge < -0.3 is 44.5 Å². The number of hydrogen-bond acceptors (Lipinski definition) is 10. The number of rotatable bonds is 1. The summed E-state index contributed by atoms with van der Waals surface area (Å²) in [5, 5.41) is 57.9. The van der Waals surface area contributed by atoms with E-state index in [0.29, 0.717) is 24.8 Å². The molecule has 14 atom stereocenters. The fourth-order valence-corrected chi connectivity index (χ4v) is 10.3. The summed E-state index contributed by atoms with van der Waals surface area (Å²) in [5.41, 5.74) is -3.97. The average Bonchev–Trinajstić information content (AvgIpc) is 3.37. The van der Waals surface area contributed by atoms with Gasteiger partial charge in [-0.3, -0.25) is 0 Å². The standard InChI is InChI=1S/C29H42O10/c1-14-8-21(30)29(35)24(37-14)38-19-9-15-4-5-18-17(25(15,2)11-20(19)39-29)6-7-26(3)27(33,12-22(31)28(18,26)34)16-10-23(32)36-13-16/h10,14-15,17-22,24,30-31,33-35H,4-9,11-13H2,1-3H3. The molecule has 6 fully saturated rings. The van der Waals surface area contributed by atoms with Crippen molar-refractivity contribution in [2.75, 3.05) is 6.61 Å². The maximum Gasteiger partial charge on any atom is 0.331 e. The van der Waals surface area contributed by atoms with Gasteiger partial charge in [-0.1, -0.05) is 13.8 Å². The lowest BCUT2D eigenvalue weighted by molar-refractivity contribution is -0.458. The largest absolute Gasteiger partial charge is 0.458 e. The molecule has 7 rings (SSSR count). The van der Waals surface area contributed by atoms with Crippen molar-refractivity contribution in [3.8, 4) is 0 Å². The molecule has 4 saturated carbocycles. The molecule has 0 amide bonds. The molecular formula is C29H42O10. The predicted molar refractivity (Wildman–Crippen MR) is 134 cm³/mol. The van der Waals surface area contributed by atoms with E-state index in [-0.39, 0.29) is 54.8 Å². The van der Waals surface area contributed by atoms with Crippen LogP contribution in [0, 0.1) is 28.6 Å². The fraction of sp³-hybridized carbons (Fsp3) is 0.897. The van der Waals surface area contributed by atoms with Crippen LogP contribution in [0.1, 0.15) is 72.1 Å². The van der Waals surface area contributed by atoms with E-state index in [2.05, 4.69) is 6.92 Å². The molecule has 39 heavy (non-hydrogen) atoms. The minimum absolute atomic E-state index is 0.0275. The van der Waals surface area contributed by atoms with Crippen LogP contribution in [0.25, 0.3) is 0 Å². The third-order valence-electron chi connectivity index (χ3n) is 12.5. The molecule has 0 aromatic rings. The smallest absolute Gasteiger partial charge is 0.331 e. The second-order valence-corrected chi connectivity index (χ2v) is 14.1. The highest BCUT2D eigenvalue weighted by atomic mass is 16.8. The van der Waals surface area contributed by atoms with E-state index in [9.17, 15) is 30.3 Å². The SMILES string of the molecule is CC1CC(O)C2(O)OC3CC4(C)C(CCC5C4CCC4(C)C(O)(C6=CC(=O)OC6)CC(O)C54O)CC3OC2O1. The van der Waals surface area contributed by atoms with Crippen LogP contribution in [0.4, 0.5) is 0 Å². The van der Waals surface area contributed by atoms with Gasteiger partial charge in [0.25, 0.3) is 0 Å². The Kier molecular flexibility index (Phi) is 5.66. The maximum absolute atomic E-state index is 12.5. The van der Waals surface area contributed by atoms with E-state index < -0.39 is 53.0 Å². The van der Waals surface area contributed by atoms with Gasteiger partial charge in [-0.2, -0.15) is 0 Å². The summed E-state index contributed by atoms with van der Waals surface area (Å²) < 4.78 is 23.5. The molecule has 0 radical (unpaired) electrons. The number of hydrogen-bond donors (Lipinski definition) is 5. The van der Waals surface area contributed by atoms with Gasteiger partial charge in [0, 0.05) is 29.9 Å². The van der Waals surface area contributed by atoms with Crippen LogP contribution >= 0.6 is 0 Å². The Morgan fingerprint density at radius 3 is 2.41 bits per heavy atom. The highest BCUT2D eigenvalue weighted by Gasteiger charge is 2.76. The number of aliphatic hydroxyl groups is 5. The third kappa shape index (κ3) is 3.23. The normalized spacial score (nSPS) is 60.3. The zero-order chi connectivity index (χ0) is 27.8. The summed E-state index contributed by atoms with van der Waals surface area (Å²) in [6, 6.07) is 0. The summed E-state index contributed by atoms with van der Waals surface area (Å²) in [4.78, 5) is 11.9.